The highest BCUT2D eigenvalue weighted by Gasteiger charge is 2.14. The van der Waals surface area contributed by atoms with Gasteiger partial charge < -0.3 is 5.32 Å². The van der Waals surface area contributed by atoms with Crippen molar-refractivity contribution in [2.45, 2.75) is 6.42 Å². The molecule has 3 heteroatoms. The van der Waals surface area contributed by atoms with Gasteiger partial charge in [-0.25, -0.2) is 4.99 Å². The molecule has 0 unspecified atom stereocenters. The van der Waals surface area contributed by atoms with Crippen LogP contribution >= 0.6 is 15.9 Å². The number of hydrogen-bond acceptors (Lipinski definition) is 2. The second-order valence-corrected chi connectivity index (χ2v) is 6.09. The first-order valence-electron chi connectivity index (χ1n) is 6.90. The maximum absolute atomic E-state index is 4.78. The molecule has 21 heavy (non-hydrogen) atoms. The molecule has 0 aromatic heterocycles. The SMILES string of the molecule is Brc1cccc(CC2=Nc3cccc4cccc(c34)N2)c1. The molecule has 0 saturated carbocycles. The van der Waals surface area contributed by atoms with E-state index in [4.69, 9.17) is 4.99 Å². The van der Waals surface area contributed by atoms with E-state index >= 15 is 0 Å². The normalized spacial score (nSPS) is 12.9. The van der Waals surface area contributed by atoms with Crippen LogP contribution in [0, 0.1) is 0 Å². The first-order valence-corrected chi connectivity index (χ1v) is 7.70. The van der Waals surface area contributed by atoms with E-state index in [1.807, 2.05) is 6.07 Å². The summed E-state index contributed by atoms with van der Waals surface area (Å²) >= 11 is 3.52. The van der Waals surface area contributed by atoms with Crippen molar-refractivity contribution >= 4 is 43.9 Å². The van der Waals surface area contributed by atoms with Crippen LogP contribution in [0.15, 0.2) is 70.1 Å². The van der Waals surface area contributed by atoms with Crippen LogP contribution in [0.4, 0.5) is 11.4 Å². The lowest BCUT2D eigenvalue weighted by Gasteiger charge is -2.19. The maximum Gasteiger partial charge on any atom is 0.111 e. The van der Waals surface area contributed by atoms with E-state index < -0.39 is 0 Å². The Labute approximate surface area is 131 Å². The Balaban J connectivity index is 1.76. The van der Waals surface area contributed by atoms with Gasteiger partial charge >= 0.3 is 0 Å². The summed E-state index contributed by atoms with van der Waals surface area (Å²) in [5.41, 5.74) is 3.43. The van der Waals surface area contributed by atoms with Crippen LogP contribution in [-0.4, -0.2) is 5.84 Å². The molecule has 0 aliphatic carbocycles. The fourth-order valence-corrected chi connectivity index (χ4v) is 3.22. The Kier molecular flexibility index (Phi) is 3.00. The van der Waals surface area contributed by atoms with Crippen molar-refractivity contribution in [1.29, 1.82) is 0 Å². The zero-order valence-electron chi connectivity index (χ0n) is 11.3. The molecule has 0 radical (unpaired) electrons. The number of hydrogen-bond donors (Lipinski definition) is 1. The Morgan fingerprint density at radius 3 is 2.62 bits per heavy atom. The molecule has 0 spiro atoms. The van der Waals surface area contributed by atoms with Gasteiger partial charge in [-0.15, -0.1) is 0 Å². The molecule has 0 saturated heterocycles. The number of amidine groups is 1. The molecule has 1 aliphatic heterocycles. The van der Waals surface area contributed by atoms with E-state index in [0.29, 0.717) is 0 Å². The monoisotopic (exact) mass is 336 g/mol. The van der Waals surface area contributed by atoms with Crippen molar-refractivity contribution in [2.75, 3.05) is 5.32 Å². The summed E-state index contributed by atoms with van der Waals surface area (Å²) in [6.45, 7) is 0. The van der Waals surface area contributed by atoms with Crippen LogP contribution in [0.1, 0.15) is 5.56 Å². The lowest BCUT2D eigenvalue weighted by molar-refractivity contribution is 1.28. The van der Waals surface area contributed by atoms with Crippen LogP contribution in [0.2, 0.25) is 0 Å². The van der Waals surface area contributed by atoms with E-state index in [1.54, 1.807) is 0 Å². The molecular formula is C18H13BrN2. The minimum Gasteiger partial charge on any atom is -0.343 e. The summed E-state index contributed by atoms with van der Waals surface area (Å²) in [5, 5.41) is 5.90. The summed E-state index contributed by atoms with van der Waals surface area (Å²) in [6.07, 6.45) is 0.796. The Bertz CT molecular complexity index is 863. The third kappa shape index (κ3) is 2.34. The van der Waals surface area contributed by atoms with Gasteiger partial charge in [0.15, 0.2) is 0 Å². The number of aliphatic imine (C=N–C) groups is 1. The predicted molar refractivity (Wildman–Crippen MR) is 92.5 cm³/mol. The molecule has 0 atom stereocenters. The number of anilines is 1. The Morgan fingerprint density at radius 1 is 0.952 bits per heavy atom. The van der Waals surface area contributed by atoms with Crippen LogP contribution < -0.4 is 5.32 Å². The van der Waals surface area contributed by atoms with Crippen molar-refractivity contribution in [3.8, 4) is 0 Å². The van der Waals surface area contributed by atoms with Gasteiger partial charge in [0.2, 0.25) is 0 Å². The van der Waals surface area contributed by atoms with Gasteiger partial charge in [0.1, 0.15) is 5.84 Å². The molecule has 0 fully saturated rings. The average Bonchev–Trinajstić information content (AvgIpc) is 2.48. The third-order valence-electron chi connectivity index (χ3n) is 3.68. The highest BCUT2D eigenvalue weighted by Crippen LogP contribution is 2.35. The molecule has 3 aromatic carbocycles. The van der Waals surface area contributed by atoms with Crippen LogP contribution in [0.25, 0.3) is 10.8 Å². The van der Waals surface area contributed by atoms with Crippen LogP contribution in [0.5, 0.6) is 0 Å². The van der Waals surface area contributed by atoms with Crippen LogP contribution in [0.3, 0.4) is 0 Å². The fourth-order valence-electron chi connectivity index (χ4n) is 2.77. The number of nitrogens with zero attached hydrogens (tertiary/aromatic N) is 1. The second-order valence-electron chi connectivity index (χ2n) is 5.17. The highest BCUT2D eigenvalue weighted by molar-refractivity contribution is 9.10. The molecule has 1 heterocycles. The minimum absolute atomic E-state index is 0.796. The lowest BCUT2D eigenvalue weighted by Crippen LogP contribution is -2.17. The summed E-state index contributed by atoms with van der Waals surface area (Å²) in [4.78, 5) is 4.78. The molecular weight excluding hydrogens is 324 g/mol. The van der Waals surface area contributed by atoms with Crippen molar-refractivity contribution in [3.05, 3.63) is 70.7 Å². The van der Waals surface area contributed by atoms with E-state index in [1.165, 1.54) is 16.3 Å². The van der Waals surface area contributed by atoms with Crippen molar-refractivity contribution in [2.24, 2.45) is 4.99 Å². The minimum atomic E-state index is 0.796. The molecule has 0 bridgehead atoms. The molecule has 2 nitrogen and oxygen atoms in total. The first-order chi connectivity index (χ1) is 10.3. The molecule has 4 rings (SSSR count). The van der Waals surface area contributed by atoms with Crippen molar-refractivity contribution < 1.29 is 0 Å². The summed E-state index contributed by atoms with van der Waals surface area (Å²) in [5.74, 6) is 0.985. The Morgan fingerprint density at radius 2 is 1.76 bits per heavy atom. The summed E-state index contributed by atoms with van der Waals surface area (Å²) in [7, 11) is 0. The summed E-state index contributed by atoms with van der Waals surface area (Å²) in [6, 6.07) is 20.9. The highest BCUT2D eigenvalue weighted by atomic mass is 79.9. The number of rotatable bonds is 2. The lowest BCUT2D eigenvalue weighted by atomic mass is 10.0. The molecule has 1 aliphatic rings. The van der Waals surface area contributed by atoms with Gasteiger partial charge in [-0.05, 0) is 35.2 Å². The predicted octanol–water partition coefficient (Wildman–Crippen LogP) is 5.30. The number of benzene rings is 3. The average molecular weight is 337 g/mol. The number of nitrogens with one attached hydrogen (secondary N) is 1. The second kappa shape index (κ2) is 5.01. The van der Waals surface area contributed by atoms with E-state index in [2.05, 4.69) is 75.8 Å². The molecule has 102 valence electrons. The number of halogens is 1. The zero-order valence-corrected chi connectivity index (χ0v) is 12.9. The standard InChI is InChI=1S/C18H13BrN2/c19-14-7-1-4-12(10-14)11-17-20-15-8-2-5-13-6-3-9-16(21-17)18(13)15/h1-10H,11H2,(H,20,21). The van der Waals surface area contributed by atoms with Gasteiger partial charge in [-0.3, -0.25) is 0 Å². The first kappa shape index (κ1) is 12.6. The third-order valence-corrected chi connectivity index (χ3v) is 4.17. The smallest absolute Gasteiger partial charge is 0.111 e. The molecule has 1 N–H and O–H groups in total. The van der Waals surface area contributed by atoms with E-state index in [-0.39, 0.29) is 0 Å². The van der Waals surface area contributed by atoms with Crippen LogP contribution in [-0.2, 0) is 6.42 Å². The zero-order chi connectivity index (χ0) is 14.2. The van der Waals surface area contributed by atoms with E-state index in [0.717, 1.165) is 28.1 Å². The van der Waals surface area contributed by atoms with Gasteiger partial charge in [0.25, 0.3) is 0 Å². The van der Waals surface area contributed by atoms with Gasteiger partial charge in [-0.1, -0.05) is 52.3 Å². The van der Waals surface area contributed by atoms with Gasteiger partial charge in [0.05, 0.1) is 5.69 Å². The topological polar surface area (TPSA) is 24.4 Å². The Hall–Kier alpha value is -2.13. The largest absolute Gasteiger partial charge is 0.343 e. The summed E-state index contributed by atoms with van der Waals surface area (Å²) < 4.78 is 1.10. The van der Waals surface area contributed by atoms with Crippen molar-refractivity contribution in [1.82, 2.24) is 0 Å². The quantitative estimate of drug-likeness (QED) is 0.674. The van der Waals surface area contributed by atoms with Crippen molar-refractivity contribution in [3.63, 3.8) is 0 Å². The van der Waals surface area contributed by atoms with Gasteiger partial charge in [-0.2, -0.15) is 0 Å². The van der Waals surface area contributed by atoms with Gasteiger partial charge in [0, 0.05) is 22.0 Å². The van der Waals surface area contributed by atoms with E-state index in [9.17, 15) is 0 Å². The molecule has 0 amide bonds. The molecule has 3 aromatic rings. The fraction of sp³-hybridized carbons (Fsp3) is 0.0556. The maximum atomic E-state index is 4.78.